The van der Waals surface area contributed by atoms with Crippen molar-refractivity contribution in [2.24, 2.45) is 5.11 Å². The molecule has 0 radical (unpaired) electrons. The summed E-state index contributed by atoms with van der Waals surface area (Å²) in [6, 6.07) is 7.30. The predicted octanol–water partition coefficient (Wildman–Crippen LogP) is 3.93. The quantitative estimate of drug-likeness (QED) is 0.384. The van der Waals surface area contributed by atoms with E-state index < -0.39 is 0 Å². The van der Waals surface area contributed by atoms with Crippen molar-refractivity contribution in [3.8, 4) is 11.3 Å². The van der Waals surface area contributed by atoms with Gasteiger partial charge >= 0.3 is 0 Å². The van der Waals surface area contributed by atoms with Gasteiger partial charge in [0, 0.05) is 21.5 Å². The van der Waals surface area contributed by atoms with Crippen molar-refractivity contribution in [1.29, 1.82) is 0 Å². The van der Waals surface area contributed by atoms with Crippen molar-refractivity contribution in [1.82, 2.24) is 9.97 Å². The van der Waals surface area contributed by atoms with Gasteiger partial charge < -0.3 is 0 Å². The highest BCUT2D eigenvalue weighted by Gasteiger charge is 2.35. The number of rotatable bonds is 1. The average molecular weight is 279 g/mol. The highest BCUT2D eigenvalue weighted by atomic mass is 16.1. The van der Waals surface area contributed by atoms with Gasteiger partial charge in [0.2, 0.25) is 5.95 Å². The molecule has 2 aromatic rings. The summed E-state index contributed by atoms with van der Waals surface area (Å²) in [6.45, 7) is 5.89. The van der Waals surface area contributed by atoms with Crippen molar-refractivity contribution in [3.05, 3.63) is 51.5 Å². The van der Waals surface area contributed by atoms with Crippen LogP contribution in [0.5, 0.6) is 0 Å². The molecule has 1 heterocycles. The molecule has 1 aromatic heterocycles. The molecule has 0 fully saturated rings. The third-order valence-electron chi connectivity index (χ3n) is 3.40. The minimum atomic E-state index is -0.357. The number of fused-ring (bicyclic) bond motifs is 3. The fraction of sp³-hybridized carbons (Fsp3) is 0.267. The molecule has 0 amide bonds. The molecule has 1 aliphatic carbocycles. The fourth-order valence-corrected chi connectivity index (χ4v) is 2.51. The summed E-state index contributed by atoms with van der Waals surface area (Å²) in [7, 11) is 0. The first-order chi connectivity index (χ1) is 9.93. The summed E-state index contributed by atoms with van der Waals surface area (Å²) >= 11 is 0. The summed E-state index contributed by atoms with van der Waals surface area (Å²) in [4.78, 5) is 23.9. The Hall–Kier alpha value is -2.72. The zero-order chi connectivity index (χ0) is 15.2. The first-order valence-electron chi connectivity index (χ1n) is 6.55. The zero-order valence-corrected chi connectivity index (χ0v) is 12.0. The molecule has 6 nitrogen and oxygen atoms in total. The Kier molecular flexibility index (Phi) is 2.78. The zero-order valence-electron chi connectivity index (χ0n) is 12.0. The largest absolute Gasteiger partial charge is 0.288 e. The van der Waals surface area contributed by atoms with E-state index in [0.717, 1.165) is 5.56 Å². The molecule has 0 aliphatic heterocycles. The standard InChI is InChI=1S/C15H13N5O/c1-15(2,3)13-10-11(17-14(18-13)19-20-16)8-6-4-5-7-9(8)12(10)21/h4-7H,1-3H3. The monoisotopic (exact) mass is 279 g/mol. The Bertz CT molecular complexity index is 813. The maximum absolute atomic E-state index is 12.6. The number of ketones is 1. The number of hydrogen-bond acceptors (Lipinski definition) is 4. The van der Waals surface area contributed by atoms with E-state index in [0.29, 0.717) is 22.5 Å². The molecule has 0 bridgehead atoms. The second kappa shape index (κ2) is 4.40. The molecular weight excluding hydrogens is 266 g/mol. The van der Waals surface area contributed by atoms with Crippen molar-refractivity contribution in [2.75, 3.05) is 0 Å². The lowest BCUT2D eigenvalue weighted by atomic mass is 9.87. The van der Waals surface area contributed by atoms with Crippen LogP contribution in [-0.4, -0.2) is 15.8 Å². The first-order valence-corrected chi connectivity index (χ1v) is 6.55. The van der Waals surface area contributed by atoms with Gasteiger partial charge in [0.1, 0.15) is 0 Å². The third-order valence-corrected chi connectivity index (χ3v) is 3.40. The summed E-state index contributed by atoms with van der Waals surface area (Å²) in [5.41, 5.74) is 11.3. The summed E-state index contributed by atoms with van der Waals surface area (Å²) in [5.74, 6) is -0.0244. The molecule has 21 heavy (non-hydrogen) atoms. The molecule has 3 rings (SSSR count). The van der Waals surface area contributed by atoms with Crippen LogP contribution in [0, 0.1) is 0 Å². The van der Waals surface area contributed by atoms with E-state index in [1.54, 1.807) is 6.07 Å². The molecule has 0 unspecified atom stereocenters. The van der Waals surface area contributed by atoms with E-state index in [1.165, 1.54) is 0 Å². The van der Waals surface area contributed by atoms with E-state index >= 15 is 0 Å². The van der Waals surface area contributed by atoms with Gasteiger partial charge in [-0.1, -0.05) is 45.0 Å². The lowest BCUT2D eigenvalue weighted by Gasteiger charge is -2.20. The maximum Gasteiger partial charge on any atom is 0.217 e. The molecular formula is C15H13N5O. The second-order valence-electron chi connectivity index (χ2n) is 5.91. The van der Waals surface area contributed by atoms with Crippen LogP contribution < -0.4 is 0 Å². The lowest BCUT2D eigenvalue weighted by Crippen LogP contribution is -2.19. The number of benzene rings is 1. The molecule has 0 N–H and O–H groups in total. The van der Waals surface area contributed by atoms with Crippen LogP contribution in [0.1, 0.15) is 42.4 Å². The summed E-state index contributed by atoms with van der Waals surface area (Å²) < 4.78 is 0. The van der Waals surface area contributed by atoms with Crippen molar-refractivity contribution in [3.63, 3.8) is 0 Å². The first kappa shape index (κ1) is 13.3. The van der Waals surface area contributed by atoms with Gasteiger partial charge in [-0.2, -0.15) is 0 Å². The molecule has 0 saturated heterocycles. The van der Waals surface area contributed by atoms with Crippen molar-refractivity contribution >= 4 is 11.7 Å². The fourth-order valence-electron chi connectivity index (χ4n) is 2.51. The number of nitrogens with zero attached hydrogens (tertiary/aromatic N) is 5. The normalized spacial score (nSPS) is 12.6. The van der Waals surface area contributed by atoms with E-state index in [1.807, 2.05) is 39.0 Å². The van der Waals surface area contributed by atoms with E-state index in [9.17, 15) is 4.79 Å². The van der Waals surface area contributed by atoms with Gasteiger partial charge in [-0.05, 0) is 10.6 Å². The average Bonchev–Trinajstić information content (AvgIpc) is 2.72. The van der Waals surface area contributed by atoms with Crippen LogP contribution in [0.3, 0.4) is 0 Å². The molecule has 0 saturated carbocycles. The highest BCUT2D eigenvalue weighted by molar-refractivity contribution is 6.21. The topological polar surface area (TPSA) is 91.6 Å². The smallest absolute Gasteiger partial charge is 0.217 e. The summed E-state index contributed by atoms with van der Waals surface area (Å²) in [5, 5.41) is 3.50. The maximum atomic E-state index is 12.6. The van der Waals surface area contributed by atoms with Crippen molar-refractivity contribution < 1.29 is 4.79 Å². The molecule has 104 valence electrons. The molecule has 1 aromatic carbocycles. The summed E-state index contributed by atoms with van der Waals surface area (Å²) in [6.07, 6.45) is 0. The number of hydrogen-bond donors (Lipinski definition) is 0. The number of aromatic nitrogens is 2. The Morgan fingerprint density at radius 2 is 1.81 bits per heavy atom. The van der Waals surface area contributed by atoms with Crippen LogP contribution in [-0.2, 0) is 5.41 Å². The molecule has 0 spiro atoms. The Morgan fingerprint density at radius 3 is 2.43 bits per heavy atom. The number of carbonyl (C=O) groups is 1. The SMILES string of the molecule is CC(C)(C)c1nc(N=[N+]=[N-])nc2c1C(=O)c1ccccc1-2. The van der Waals surface area contributed by atoms with Gasteiger partial charge in [0.05, 0.1) is 17.0 Å². The second-order valence-corrected chi connectivity index (χ2v) is 5.91. The number of azide groups is 1. The van der Waals surface area contributed by atoms with E-state index in [4.69, 9.17) is 5.53 Å². The highest BCUT2D eigenvalue weighted by Crippen LogP contribution is 2.40. The van der Waals surface area contributed by atoms with Gasteiger partial charge in [0.25, 0.3) is 0 Å². The van der Waals surface area contributed by atoms with Gasteiger partial charge in [0.15, 0.2) is 5.78 Å². The number of carbonyl (C=O) groups excluding carboxylic acids is 1. The third kappa shape index (κ3) is 1.97. The molecule has 0 atom stereocenters. The van der Waals surface area contributed by atoms with Crippen LogP contribution in [0.25, 0.3) is 21.7 Å². The van der Waals surface area contributed by atoms with Crippen LogP contribution in [0.2, 0.25) is 0 Å². The van der Waals surface area contributed by atoms with Gasteiger partial charge in [-0.3, -0.25) is 4.79 Å². The van der Waals surface area contributed by atoms with Crippen LogP contribution in [0.15, 0.2) is 29.4 Å². The lowest BCUT2D eigenvalue weighted by molar-refractivity contribution is 0.104. The van der Waals surface area contributed by atoms with Crippen molar-refractivity contribution in [2.45, 2.75) is 26.2 Å². The predicted molar refractivity (Wildman–Crippen MR) is 78.4 cm³/mol. The Balaban J connectivity index is 2.40. The Labute approximate surface area is 121 Å². The minimum Gasteiger partial charge on any atom is -0.288 e. The van der Waals surface area contributed by atoms with Crippen LogP contribution in [0.4, 0.5) is 5.95 Å². The molecule has 1 aliphatic rings. The van der Waals surface area contributed by atoms with Gasteiger partial charge in [-0.25, -0.2) is 9.97 Å². The van der Waals surface area contributed by atoms with E-state index in [2.05, 4.69) is 20.0 Å². The minimum absolute atomic E-state index is 0.0469. The van der Waals surface area contributed by atoms with Gasteiger partial charge in [-0.15, -0.1) is 0 Å². The van der Waals surface area contributed by atoms with E-state index in [-0.39, 0.29) is 17.1 Å². The Morgan fingerprint density at radius 1 is 1.14 bits per heavy atom. The van der Waals surface area contributed by atoms with Crippen LogP contribution >= 0.6 is 0 Å². The molecule has 6 heteroatoms.